The molecule has 0 fully saturated rings. The molecule has 0 aliphatic carbocycles. The minimum absolute atomic E-state index is 0.506. The number of nitrogens with one attached hydrogen (secondary N) is 1. The van der Waals surface area contributed by atoms with Crippen molar-refractivity contribution in [2.45, 2.75) is 26.7 Å². The summed E-state index contributed by atoms with van der Waals surface area (Å²) in [5, 5.41) is 2.62. The Hall–Kier alpha value is -1.36. The first kappa shape index (κ1) is 15.7. The van der Waals surface area contributed by atoms with Gasteiger partial charge in [0.1, 0.15) is 0 Å². The lowest BCUT2D eigenvalue weighted by Gasteiger charge is -2.16. The number of anilines is 1. The predicted molar refractivity (Wildman–Crippen MR) is 80.1 cm³/mol. The summed E-state index contributed by atoms with van der Waals surface area (Å²) in [6, 6.07) is 5.42. The maximum absolute atomic E-state index is 11.8. The number of amides is 2. The molecule has 2 amide bonds. The van der Waals surface area contributed by atoms with Crippen molar-refractivity contribution >= 4 is 33.4 Å². The summed E-state index contributed by atoms with van der Waals surface area (Å²) in [5.74, 6) is -1.10. The lowest BCUT2D eigenvalue weighted by atomic mass is 10.2. The van der Waals surface area contributed by atoms with Gasteiger partial charge in [0.15, 0.2) is 0 Å². The number of benzene rings is 1. The average molecular weight is 327 g/mol. The van der Waals surface area contributed by atoms with Gasteiger partial charge in [0.25, 0.3) is 0 Å². The minimum atomic E-state index is -0.597. The molecule has 0 heterocycles. The fourth-order valence-corrected chi connectivity index (χ4v) is 1.82. The Morgan fingerprint density at radius 2 is 2.05 bits per heavy atom. The number of carbonyl (C=O) groups is 2. The van der Waals surface area contributed by atoms with Crippen LogP contribution in [0.4, 0.5) is 5.69 Å². The molecule has 0 unspecified atom stereocenters. The third kappa shape index (κ3) is 4.67. The van der Waals surface area contributed by atoms with Gasteiger partial charge in [-0.1, -0.05) is 29.3 Å². The van der Waals surface area contributed by atoms with Crippen LogP contribution in [0.1, 0.15) is 25.3 Å². The Bertz CT molecular complexity index is 475. The molecule has 1 aromatic rings. The third-order valence-corrected chi connectivity index (χ3v) is 3.69. The number of likely N-dealkylation sites (N-methyl/N-ethyl adjacent to an activating group) is 1. The van der Waals surface area contributed by atoms with Gasteiger partial charge in [-0.3, -0.25) is 9.59 Å². The zero-order valence-electron chi connectivity index (χ0n) is 11.5. The summed E-state index contributed by atoms with van der Waals surface area (Å²) < 4.78 is 0.969. The molecule has 0 saturated heterocycles. The quantitative estimate of drug-likeness (QED) is 0.865. The van der Waals surface area contributed by atoms with E-state index in [1.54, 1.807) is 13.1 Å². The molecule has 0 aliphatic heterocycles. The normalized spacial score (nSPS) is 10.1. The van der Waals surface area contributed by atoms with Crippen molar-refractivity contribution in [3.05, 3.63) is 28.2 Å². The molecule has 0 aromatic heterocycles. The van der Waals surface area contributed by atoms with E-state index in [0.29, 0.717) is 12.2 Å². The van der Waals surface area contributed by atoms with E-state index in [4.69, 9.17) is 0 Å². The Morgan fingerprint density at radius 3 is 2.63 bits per heavy atom. The summed E-state index contributed by atoms with van der Waals surface area (Å²) in [6.45, 7) is 4.57. The van der Waals surface area contributed by atoms with Crippen molar-refractivity contribution in [3.63, 3.8) is 0 Å². The van der Waals surface area contributed by atoms with Crippen LogP contribution in [0.3, 0.4) is 0 Å². The van der Waals surface area contributed by atoms with E-state index in [2.05, 4.69) is 21.2 Å². The fraction of sp³-hybridized carbons (Fsp3) is 0.429. The Morgan fingerprint density at radius 1 is 1.37 bits per heavy atom. The van der Waals surface area contributed by atoms with Crippen molar-refractivity contribution in [2.24, 2.45) is 0 Å². The second-order valence-corrected chi connectivity index (χ2v) is 5.35. The highest BCUT2D eigenvalue weighted by Gasteiger charge is 2.18. The lowest BCUT2D eigenvalue weighted by Crippen LogP contribution is -2.37. The summed E-state index contributed by atoms with van der Waals surface area (Å²) >= 11 is 3.39. The van der Waals surface area contributed by atoms with Crippen LogP contribution in [0, 0.1) is 6.92 Å². The van der Waals surface area contributed by atoms with Crippen LogP contribution in [0.15, 0.2) is 22.7 Å². The van der Waals surface area contributed by atoms with E-state index in [9.17, 15) is 9.59 Å². The SMILES string of the molecule is CCCCN(C)C(=O)C(=O)Nc1ccc(Br)c(C)c1. The summed E-state index contributed by atoms with van der Waals surface area (Å²) in [7, 11) is 1.64. The van der Waals surface area contributed by atoms with Gasteiger partial charge >= 0.3 is 11.8 Å². The van der Waals surface area contributed by atoms with E-state index in [0.717, 1.165) is 22.9 Å². The second kappa shape index (κ2) is 7.28. The van der Waals surface area contributed by atoms with Crippen molar-refractivity contribution in [1.82, 2.24) is 4.90 Å². The number of aryl methyl sites for hydroxylation is 1. The molecule has 0 bridgehead atoms. The third-order valence-electron chi connectivity index (χ3n) is 2.80. The number of unbranched alkanes of at least 4 members (excludes halogenated alkanes) is 1. The highest BCUT2D eigenvalue weighted by molar-refractivity contribution is 9.10. The Labute approximate surface area is 122 Å². The minimum Gasteiger partial charge on any atom is -0.338 e. The second-order valence-electron chi connectivity index (χ2n) is 4.50. The van der Waals surface area contributed by atoms with Crippen LogP contribution >= 0.6 is 15.9 Å². The lowest BCUT2D eigenvalue weighted by molar-refractivity contribution is -0.142. The number of hydrogen-bond acceptors (Lipinski definition) is 2. The van der Waals surface area contributed by atoms with Gasteiger partial charge < -0.3 is 10.2 Å². The molecule has 0 aliphatic rings. The van der Waals surface area contributed by atoms with E-state index in [-0.39, 0.29) is 0 Å². The smallest absolute Gasteiger partial charge is 0.313 e. The van der Waals surface area contributed by atoms with Gasteiger partial charge in [-0.15, -0.1) is 0 Å². The van der Waals surface area contributed by atoms with Crippen molar-refractivity contribution in [1.29, 1.82) is 0 Å². The van der Waals surface area contributed by atoms with Crippen LogP contribution in [0.2, 0.25) is 0 Å². The number of hydrogen-bond donors (Lipinski definition) is 1. The molecule has 0 saturated carbocycles. The van der Waals surface area contributed by atoms with Crippen LogP contribution in [-0.2, 0) is 9.59 Å². The molecule has 1 rings (SSSR count). The van der Waals surface area contributed by atoms with Gasteiger partial charge in [0.05, 0.1) is 0 Å². The van der Waals surface area contributed by atoms with Crippen LogP contribution < -0.4 is 5.32 Å². The van der Waals surface area contributed by atoms with Gasteiger partial charge in [-0.2, -0.15) is 0 Å². The summed E-state index contributed by atoms with van der Waals surface area (Å²) in [4.78, 5) is 25.1. The molecular weight excluding hydrogens is 308 g/mol. The molecule has 0 atom stereocenters. The highest BCUT2D eigenvalue weighted by atomic mass is 79.9. The fourth-order valence-electron chi connectivity index (χ4n) is 1.58. The van der Waals surface area contributed by atoms with E-state index in [1.165, 1.54) is 4.90 Å². The number of nitrogens with zero attached hydrogens (tertiary/aromatic N) is 1. The molecule has 0 spiro atoms. The first-order valence-corrected chi connectivity index (χ1v) is 7.07. The summed E-state index contributed by atoms with van der Waals surface area (Å²) in [6.07, 6.45) is 1.89. The molecular formula is C14H19BrN2O2. The predicted octanol–water partition coefficient (Wildman–Crippen LogP) is 2.95. The molecule has 104 valence electrons. The number of halogens is 1. The van der Waals surface area contributed by atoms with Crippen LogP contribution in [0.25, 0.3) is 0 Å². The molecule has 5 heteroatoms. The summed E-state index contributed by atoms with van der Waals surface area (Å²) in [5.41, 5.74) is 1.63. The molecule has 0 radical (unpaired) electrons. The molecule has 1 aromatic carbocycles. The Kier molecular flexibility index (Phi) is 6.02. The van der Waals surface area contributed by atoms with E-state index in [1.807, 2.05) is 26.0 Å². The number of rotatable bonds is 4. The zero-order valence-corrected chi connectivity index (χ0v) is 13.1. The van der Waals surface area contributed by atoms with E-state index >= 15 is 0 Å². The van der Waals surface area contributed by atoms with Gasteiger partial charge in [0, 0.05) is 23.8 Å². The standard InChI is InChI=1S/C14H19BrN2O2/c1-4-5-8-17(3)14(19)13(18)16-11-6-7-12(15)10(2)9-11/h6-7,9H,4-5,8H2,1-3H3,(H,16,18). The van der Waals surface area contributed by atoms with Gasteiger partial charge in [0.2, 0.25) is 0 Å². The molecule has 19 heavy (non-hydrogen) atoms. The van der Waals surface area contributed by atoms with Crippen molar-refractivity contribution < 1.29 is 9.59 Å². The maximum atomic E-state index is 11.8. The molecule has 4 nitrogen and oxygen atoms in total. The topological polar surface area (TPSA) is 49.4 Å². The highest BCUT2D eigenvalue weighted by Crippen LogP contribution is 2.19. The van der Waals surface area contributed by atoms with Crippen LogP contribution in [-0.4, -0.2) is 30.3 Å². The van der Waals surface area contributed by atoms with E-state index < -0.39 is 11.8 Å². The maximum Gasteiger partial charge on any atom is 0.313 e. The average Bonchev–Trinajstić information content (AvgIpc) is 2.39. The van der Waals surface area contributed by atoms with Crippen molar-refractivity contribution in [2.75, 3.05) is 18.9 Å². The van der Waals surface area contributed by atoms with Crippen molar-refractivity contribution in [3.8, 4) is 0 Å². The van der Waals surface area contributed by atoms with Gasteiger partial charge in [-0.05, 0) is 37.1 Å². The van der Waals surface area contributed by atoms with Crippen LogP contribution in [0.5, 0.6) is 0 Å². The molecule has 1 N–H and O–H groups in total. The Balaban J connectivity index is 2.63. The first-order chi connectivity index (χ1) is 8.95. The monoisotopic (exact) mass is 326 g/mol. The zero-order chi connectivity index (χ0) is 14.4. The van der Waals surface area contributed by atoms with Gasteiger partial charge in [-0.25, -0.2) is 0 Å². The number of carbonyl (C=O) groups excluding carboxylic acids is 2. The first-order valence-electron chi connectivity index (χ1n) is 6.28. The largest absolute Gasteiger partial charge is 0.338 e.